The Bertz CT molecular complexity index is 1810. The second-order valence-electron chi connectivity index (χ2n) is 15.9. The molecule has 12 nitrogen and oxygen atoms in total. The molecule has 0 N–H and O–H groups in total. The Hall–Kier alpha value is -5.52. The summed E-state index contributed by atoms with van der Waals surface area (Å²) in [6, 6.07) is 23.5. The van der Waals surface area contributed by atoms with E-state index in [9.17, 15) is 28.8 Å². The maximum Gasteiger partial charge on any atom is 0.329 e. The third-order valence-electron chi connectivity index (χ3n) is 10.9. The fraction of sp³-hybridized carbons (Fsp3) is 0.478. The van der Waals surface area contributed by atoms with E-state index in [2.05, 4.69) is 0 Å². The van der Waals surface area contributed by atoms with Gasteiger partial charge in [-0.25, -0.2) is 14.4 Å². The van der Waals surface area contributed by atoms with E-state index in [0.29, 0.717) is 6.42 Å². The first kappa shape index (κ1) is 45.2. The first-order chi connectivity index (χ1) is 27.5. The van der Waals surface area contributed by atoms with Crippen LogP contribution >= 0.6 is 0 Å². The summed E-state index contributed by atoms with van der Waals surface area (Å²) in [5, 5.41) is 0. The first-order valence-electron chi connectivity index (χ1n) is 20.1. The second-order valence-corrected chi connectivity index (χ2v) is 15.9. The number of benzene rings is 3. The van der Waals surface area contributed by atoms with Crippen molar-refractivity contribution in [3.8, 4) is 0 Å². The standard InChI is InChI=1S/C46H59N3O9/c1-10-31(6)40-43(52)49(9)36(27-33-22-16-12-17-23-33)45(54)57-38(29(2)3)41(50)47(7)35(26-32-20-14-11-15-21-32)44(53)56-39(30(4)5)42(51)48(8)37(46(55)58-40)28-34-24-18-13-19-25-34/h11-25,29-31,35-40H,10,26-28H2,1-9H3/t31?,35-,36+,37-,38+,39+,40+/m0/s1. The number of ether oxygens (including phenoxy) is 3. The lowest BCUT2D eigenvalue weighted by Gasteiger charge is -2.37. The van der Waals surface area contributed by atoms with Gasteiger partial charge >= 0.3 is 17.9 Å². The van der Waals surface area contributed by atoms with Crippen molar-refractivity contribution < 1.29 is 43.0 Å². The molecule has 1 fully saturated rings. The molecular formula is C46H59N3O9. The van der Waals surface area contributed by atoms with Crippen molar-refractivity contribution >= 4 is 35.6 Å². The Morgan fingerprint density at radius 1 is 0.448 bits per heavy atom. The molecule has 1 aliphatic rings. The van der Waals surface area contributed by atoms with Crippen LogP contribution in [-0.2, 0) is 62.2 Å². The van der Waals surface area contributed by atoms with Crippen LogP contribution in [0.25, 0.3) is 0 Å². The second kappa shape index (κ2) is 20.8. The van der Waals surface area contributed by atoms with E-state index in [1.807, 2.05) is 85.8 Å². The van der Waals surface area contributed by atoms with Gasteiger partial charge in [-0.2, -0.15) is 0 Å². The van der Waals surface area contributed by atoms with Gasteiger partial charge in [0.15, 0.2) is 18.3 Å². The van der Waals surface area contributed by atoms with Crippen LogP contribution in [0.1, 0.15) is 64.7 Å². The molecule has 12 heteroatoms. The van der Waals surface area contributed by atoms with E-state index in [-0.39, 0.29) is 19.3 Å². The van der Waals surface area contributed by atoms with Crippen LogP contribution in [0.2, 0.25) is 0 Å². The molecule has 58 heavy (non-hydrogen) atoms. The number of hydrogen-bond acceptors (Lipinski definition) is 9. The highest BCUT2D eigenvalue weighted by Gasteiger charge is 2.44. The third-order valence-corrected chi connectivity index (χ3v) is 10.9. The normalized spacial score (nSPS) is 23.9. The number of esters is 3. The Morgan fingerprint density at radius 3 is 0.966 bits per heavy atom. The van der Waals surface area contributed by atoms with Crippen LogP contribution in [0.5, 0.6) is 0 Å². The topological polar surface area (TPSA) is 140 Å². The van der Waals surface area contributed by atoms with Crippen molar-refractivity contribution in [2.45, 2.75) is 104 Å². The summed E-state index contributed by atoms with van der Waals surface area (Å²) in [5.74, 6) is -6.09. The summed E-state index contributed by atoms with van der Waals surface area (Å²) in [6.07, 6.45) is -3.53. The average molecular weight is 798 g/mol. The van der Waals surface area contributed by atoms with Gasteiger partial charge in [-0.05, 0) is 34.9 Å². The maximum atomic E-state index is 14.6. The van der Waals surface area contributed by atoms with Crippen molar-refractivity contribution in [1.82, 2.24) is 14.7 Å². The lowest BCUT2D eigenvalue weighted by molar-refractivity contribution is -0.179. The zero-order valence-electron chi connectivity index (χ0n) is 35.2. The lowest BCUT2D eigenvalue weighted by atomic mass is 9.97. The van der Waals surface area contributed by atoms with Crippen molar-refractivity contribution in [2.75, 3.05) is 21.1 Å². The molecule has 3 aromatic carbocycles. The van der Waals surface area contributed by atoms with E-state index in [1.54, 1.807) is 46.8 Å². The summed E-state index contributed by atoms with van der Waals surface area (Å²) in [5.41, 5.74) is 2.17. The SMILES string of the molecule is CCC(C)[C@H]1OC(=O)[C@H](Cc2ccccc2)N(C)C(=O)[C@@H](C(C)C)OC(=O)[C@H](Cc2ccccc2)N(C)C(=O)[C@@H](C(C)C)OC(=O)[C@@H](Cc2ccccc2)N(C)C1=O. The van der Waals surface area contributed by atoms with Crippen molar-refractivity contribution in [3.63, 3.8) is 0 Å². The van der Waals surface area contributed by atoms with Gasteiger partial charge in [0.1, 0.15) is 18.1 Å². The van der Waals surface area contributed by atoms with E-state index >= 15 is 0 Å². The predicted octanol–water partition coefficient (Wildman–Crippen LogP) is 5.30. The van der Waals surface area contributed by atoms with Gasteiger partial charge < -0.3 is 28.9 Å². The van der Waals surface area contributed by atoms with Crippen LogP contribution in [-0.4, -0.2) is 108 Å². The van der Waals surface area contributed by atoms with Gasteiger partial charge in [0, 0.05) is 46.3 Å². The number of nitrogens with zero attached hydrogens (tertiary/aromatic N) is 3. The third kappa shape index (κ3) is 11.3. The molecule has 0 saturated carbocycles. The molecule has 3 aromatic rings. The van der Waals surface area contributed by atoms with Crippen LogP contribution in [0, 0.1) is 17.8 Å². The minimum Gasteiger partial charge on any atom is -0.450 e. The number of carbonyl (C=O) groups excluding carboxylic acids is 6. The Labute approximate surface area is 342 Å². The van der Waals surface area contributed by atoms with Gasteiger partial charge in [-0.1, -0.05) is 133 Å². The molecule has 4 rings (SSSR count). The van der Waals surface area contributed by atoms with Crippen LogP contribution in [0.15, 0.2) is 91.0 Å². The lowest BCUT2D eigenvalue weighted by Crippen LogP contribution is -2.57. The minimum atomic E-state index is -1.36. The van der Waals surface area contributed by atoms with E-state index in [0.717, 1.165) is 16.7 Å². The van der Waals surface area contributed by atoms with E-state index < -0.39 is 89.8 Å². The Morgan fingerprint density at radius 2 is 0.707 bits per heavy atom. The highest BCUT2D eigenvalue weighted by atomic mass is 16.6. The molecule has 1 heterocycles. The Balaban J connectivity index is 1.90. The molecule has 0 aliphatic carbocycles. The summed E-state index contributed by atoms with van der Waals surface area (Å²) in [7, 11) is 4.34. The van der Waals surface area contributed by atoms with Gasteiger partial charge in [-0.15, -0.1) is 0 Å². The molecule has 1 saturated heterocycles. The number of hydrogen-bond donors (Lipinski definition) is 0. The van der Waals surface area contributed by atoms with Crippen LogP contribution in [0.4, 0.5) is 0 Å². The van der Waals surface area contributed by atoms with Crippen LogP contribution < -0.4 is 0 Å². The maximum absolute atomic E-state index is 14.6. The largest absolute Gasteiger partial charge is 0.450 e. The highest BCUT2D eigenvalue weighted by Crippen LogP contribution is 2.25. The van der Waals surface area contributed by atoms with Gasteiger partial charge in [0.05, 0.1) is 0 Å². The molecule has 1 unspecified atom stereocenters. The molecule has 312 valence electrons. The number of cyclic esters (lactones) is 3. The molecule has 0 bridgehead atoms. The zero-order chi connectivity index (χ0) is 42.7. The minimum absolute atomic E-state index is 0.0311. The molecule has 1 aliphatic heterocycles. The molecule has 0 spiro atoms. The molecule has 7 atom stereocenters. The fourth-order valence-corrected chi connectivity index (χ4v) is 6.89. The summed E-state index contributed by atoms with van der Waals surface area (Å²) < 4.78 is 18.2. The number of amides is 3. The fourth-order valence-electron chi connectivity index (χ4n) is 6.89. The quantitative estimate of drug-likeness (QED) is 0.198. The molecular weight excluding hydrogens is 739 g/mol. The van der Waals surface area contributed by atoms with Crippen molar-refractivity contribution in [3.05, 3.63) is 108 Å². The first-order valence-corrected chi connectivity index (χ1v) is 20.1. The van der Waals surface area contributed by atoms with Gasteiger partial charge in [-0.3, -0.25) is 14.4 Å². The Kier molecular flexibility index (Phi) is 16.2. The number of rotatable bonds is 10. The predicted molar refractivity (Wildman–Crippen MR) is 219 cm³/mol. The summed E-state index contributed by atoms with van der Waals surface area (Å²) in [4.78, 5) is 90.4. The molecule has 0 radical (unpaired) electrons. The van der Waals surface area contributed by atoms with Gasteiger partial charge in [0.25, 0.3) is 17.7 Å². The number of likely N-dealkylation sites (N-methyl/N-ethyl adjacent to an activating group) is 3. The van der Waals surface area contributed by atoms with Crippen LogP contribution in [0.3, 0.4) is 0 Å². The molecule has 3 amide bonds. The highest BCUT2D eigenvalue weighted by molar-refractivity contribution is 5.94. The summed E-state index contributed by atoms with van der Waals surface area (Å²) in [6.45, 7) is 10.5. The van der Waals surface area contributed by atoms with Crippen molar-refractivity contribution in [1.29, 1.82) is 0 Å². The number of carbonyl (C=O) groups is 6. The summed E-state index contributed by atoms with van der Waals surface area (Å²) >= 11 is 0. The smallest absolute Gasteiger partial charge is 0.329 e. The van der Waals surface area contributed by atoms with E-state index in [4.69, 9.17) is 14.2 Å². The monoisotopic (exact) mass is 797 g/mol. The van der Waals surface area contributed by atoms with Crippen molar-refractivity contribution in [2.24, 2.45) is 17.8 Å². The van der Waals surface area contributed by atoms with E-state index in [1.165, 1.54) is 35.8 Å². The average Bonchev–Trinajstić information content (AvgIpc) is 3.22. The zero-order valence-corrected chi connectivity index (χ0v) is 35.2. The molecule has 0 aromatic heterocycles. The van der Waals surface area contributed by atoms with Gasteiger partial charge in [0.2, 0.25) is 0 Å².